The molecule has 2 N–H and O–H groups in total. The van der Waals surface area contributed by atoms with Gasteiger partial charge in [0.1, 0.15) is 5.75 Å². The molecule has 0 aliphatic carbocycles. The molecule has 19 heavy (non-hydrogen) atoms. The number of hydrogen-bond acceptors (Lipinski definition) is 3. The van der Waals surface area contributed by atoms with Crippen molar-refractivity contribution in [2.75, 3.05) is 26.2 Å². The van der Waals surface area contributed by atoms with Gasteiger partial charge < -0.3 is 10.4 Å². The first-order valence-corrected chi connectivity index (χ1v) is 7.14. The van der Waals surface area contributed by atoms with Crippen LogP contribution < -0.4 is 5.32 Å². The van der Waals surface area contributed by atoms with Crippen molar-refractivity contribution in [3.8, 4) is 5.75 Å². The van der Waals surface area contributed by atoms with E-state index >= 15 is 0 Å². The fourth-order valence-corrected chi connectivity index (χ4v) is 2.64. The quantitative estimate of drug-likeness (QED) is 0.859. The van der Waals surface area contributed by atoms with Crippen LogP contribution >= 0.6 is 0 Å². The highest BCUT2D eigenvalue weighted by atomic mass is 16.3. The zero-order valence-electron chi connectivity index (χ0n) is 12.6. The fourth-order valence-electron chi connectivity index (χ4n) is 2.64. The zero-order valence-corrected chi connectivity index (χ0v) is 12.6. The molecule has 0 atom stereocenters. The molecule has 1 aromatic carbocycles. The summed E-state index contributed by atoms with van der Waals surface area (Å²) in [6.45, 7) is 13.8. The van der Waals surface area contributed by atoms with E-state index in [0.29, 0.717) is 5.75 Å². The van der Waals surface area contributed by atoms with E-state index in [1.54, 1.807) is 0 Å². The van der Waals surface area contributed by atoms with Crippen molar-refractivity contribution >= 4 is 0 Å². The summed E-state index contributed by atoms with van der Waals surface area (Å²) in [6, 6.07) is 4.29. The second kappa shape index (κ2) is 5.51. The maximum Gasteiger partial charge on any atom is 0.122 e. The zero-order chi connectivity index (χ0) is 14.0. The SMILES string of the molecule is Cc1cc(CN2CCNCC2)cc(C(C)(C)C)c1O. The molecule has 0 spiro atoms. The van der Waals surface area contributed by atoms with Gasteiger partial charge in [0.05, 0.1) is 0 Å². The van der Waals surface area contributed by atoms with Gasteiger partial charge in [-0.3, -0.25) is 4.90 Å². The fraction of sp³-hybridized carbons (Fsp3) is 0.625. The highest BCUT2D eigenvalue weighted by Crippen LogP contribution is 2.34. The van der Waals surface area contributed by atoms with E-state index in [-0.39, 0.29) is 5.41 Å². The normalized spacial score (nSPS) is 17.7. The summed E-state index contributed by atoms with van der Waals surface area (Å²) in [4.78, 5) is 2.47. The Labute approximate surface area is 116 Å². The number of phenols is 1. The number of hydrogen-bond donors (Lipinski definition) is 2. The van der Waals surface area contributed by atoms with Gasteiger partial charge >= 0.3 is 0 Å². The Morgan fingerprint density at radius 2 is 1.84 bits per heavy atom. The van der Waals surface area contributed by atoms with E-state index in [0.717, 1.165) is 43.9 Å². The molecule has 1 fully saturated rings. The minimum absolute atomic E-state index is 0.0195. The first kappa shape index (κ1) is 14.4. The number of nitrogens with one attached hydrogen (secondary N) is 1. The van der Waals surface area contributed by atoms with Gasteiger partial charge in [-0.05, 0) is 29.0 Å². The third-order valence-electron chi connectivity index (χ3n) is 3.78. The molecule has 0 saturated carbocycles. The molecule has 0 bridgehead atoms. The average Bonchev–Trinajstić information content (AvgIpc) is 2.33. The minimum atomic E-state index is -0.0195. The number of nitrogens with zero attached hydrogens (tertiary/aromatic N) is 1. The number of benzene rings is 1. The third kappa shape index (κ3) is 3.48. The number of phenolic OH excluding ortho intramolecular Hbond substituents is 1. The van der Waals surface area contributed by atoms with Crippen LogP contribution in [0.15, 0.2) is 12.1 Å². The first-order chi connectivity index (χ1) is 8.88. The topological polar surface area (TPSA) is 35.5 Å². The Bertz CT molecular complexity index is 443. The Hall–Kier alpha value is -1.06. The van der Waals surface area contributed by atoms with Crippen molar-refractivity contribution in [1.29, 1.82) is 0 Å². The van der Waals surface area contributed by atoms with E-state index < -0.39 is 0 Å². The average molecular weight is 262 g/mol. The lowest BCUT2D eigenvalue weighted by Gasteiger charge is -2.28. The van der Waals surface area contributed by atoms with Gasteiger partial charge in [0.15, 0.2) is 0 Å². The van der Waals surface area contributed by atoms with Crippen LogP contribution in [0, 0.1) is 6.92 Å². The summed E-state index contributed by atoms with van der Waals surface area (Å²) in [5.74, 6) is 0.455. The monoisotopic (exact) mass is 262 g/mol. The van der Waals surface area contributed by atoms with Crippen LogP contribution in [0.5, 0.6) is 5.75 Å². The molecular formula is C16H26N2O. The first-order valence-electron chi connectivity index (χ1n) is 7.14. The van der Waals surface area contributed by atoms with Gasteiger partial charge in [-0.25, -0.2) is 0 Å². The van der Waals surface area contributed by atoms with E-state index in [9.17, 15) is 5.11 Å². The molecule has 1 aliphatic heterocycles. The molecule has 0 aromatic heterocycles. The standard InChI is InChI=1S/C16H26N2O/c1-12-9-13(11-18-7-5-17-6-8-18)10-14(15(12)19)16(2,3)4/h9-10,17,19H,5-8,11H2,1-4H3. The van der Waals surface area contributed by atoms with Gasteiger partial charge in [-0.1, -0.05) is 32.9 Å². The van der Waals surface area contributed by atoms with E-state index in [1.807, 2.05) is 6.92 Å². The number of piperazine rings is 1. The summed E-state index contributed by atoms with van der Waals surface area (Å²) in [5, 5.41) is 13.6. The van der Waals surface area contributed by atoms with E-state index in [1.165, 1.54) is 5.56 Å². The highest BCUT2D eigenvalue weighted by molar-refractivity contribution is 5.46. The Kier molecular flexibility index (Phi) is 4.16. The maximum absolute atomic E-state index is 10.2. The largest absolute Gasteiger partial charge is 0.507 e. The smallest absolute Gasteiger partial charge is 0.122 e. The van der Waals surface area contributed by atoms with Gasteiger partial charge in [0.2, 0.25) is 0 Å². The highest BCUT2D eigenvalue weighted by Gasteiger charge is 2.21. The summed E-state index contributed by atoms with van der Waals surface area (Å²) in [7, 11) is 0. The molecule has 2 rings (SSSR count). The molecule has 0 amide bonds. The van der Waals surface area contributed by atoms with Crippen LogP contribution in [0.25, 0.3) is 0 Å². The summed E-state index contributed by atoms with van der Waals surface area (Å²) >= 11 is 0. The molecule has 106 valence electrons. The van der Waals surface area contributed by atoms with Gasteiger partial charge in [-0.15, -0.1) is 0 Å². The second-order valence-corrected chi connectivity index (χ2v) is 6.59. The number of aryl methyl sites for hydroxylation is 1. The molecule has 3 heteroatoms. The molecule has 3 nitrogen and oxygen atoms in total. The van der Waals surface area contributed by atoms with Crippen molar-refractivity contribution in [3.63, 3.8) is 0 Å². The van der Waals surface area contributed by atoms with Gasteiger partial charge in [-0.2, -0.15) is 0 Å². The summed E-state index contributed by atoms with van der Waals surface area (Å²) in [6.07, 6.45) is 0. The summed E-state index contributed by atoms with van der Waals surface area (Å²) < 4.78 is 0. The molecule has 1 aromatic rings. The molecule has 0 unspecified atom stereocenters. The Morgan fingerprint density at radius 1 is 1.21 bits per heavy atom. The Morgan fingerprint density at radius 3 is 2.42 bits per heavy atom. The van der Waals surface area contributed by atoms with Crippen LogP contribution in [0.3, 0.4) is 0 Å². The number of aromatic hydroxyl groups is 1. The van der Waals surface area contributed by atoms with Crippen LogP contribution in [-0.4, -0.2) is 36.2 Å². The summed E-state index contributed by atoms with van der Waals surface area (Å²) in [5.41, 5.74) is 3.33. The maximum atomic E-state index is 10.2. The molecule has 0 radical (unpaired) electrons. The lowest BCUT2D eigenvalue weighted by atomic mass is 9.84. The predicted octanol–water partition coefficient (Wildman–Crippen LogP) is 2.40. The van der Waals surface area contributed by atoms with Gasteiger partial charge in [0, 0.05) is 32.7 Å². The van der Waals surface area contributed by atoms with Gasteiger partial charge in [0.25, 0.3) is 0 Å². The molecule has 1 heterocycles. The van der Waals surface area contributed by atoms with Crippen LogP contribution in [0.4, 0.5) is 0 Å². The van der Waals surface area contributed by atoms with E-state index in [4.69, 9.17) is 0 Å². The molecular weight excluding hydrogens is 236 g/mol. The van der Waals surface area contributed by atoms with Crippen LogP contribution in [0.1, 0.15) is 37.5 Å². The van der Waals surface area contributed by atoms with Crippen LogP contribution in [-0.2, 0) is 12.0 Å². The molecule has 1 saturated heterocycles. The lowest BCUT2D eigenvalue weighted by molar-refractivity contribution is 0.233. The number of rotatable bonds is 2. The third-order valence-corrected chi connectivity index (χ3v) is 3.78. The van der Waals surface area contributed by atoms with Crippen LogP contribution in [0.2, 0.25) is 0 Å². The lowest BCUT2D eigenvalue weighted by Crippen LogP contribution is -2.42. The van der Waals surface area contributed by atoms with Crippen molar-refractivity contribution in [1.82, 2.24) is 10.2 Å². The second-order valence-electron chi connectivity index (χ2n) is 6.59. The van der Waals surface area contributed by atoms with Crippen molar-refractivity contribution in [2.45, 2.75) is 39.7 Å². The Balaban J connectivity index is 2.23. The predicted molar refractivity (Wildman–Crippen MR) is 79.7 cm³/mol. The minimum Gasteiger partial charge on any atom is -0.507 e. The van der Waals surface area contributed by atoms with Crippen molar-refractivity contribution in [2.24, 2.45) is 0 Å². The van der Waals surface area contributed by atoms with Crippen molar-refractivity contribution in [3.05, 3.63) is 28.8 Å². The van der Waals surface area contributed by atoms with E-state index in [2.05, 4.69) is 43.1 Å². The van der Waals surface area contributed by atoms with Crippen molar-refractivity contribution < 1.29 is 5.11 Å². The molecule has 1 aliphatic rings.